The van der Waals surface area contributed by atoms with E-state index in [0.717, 1.165) is 38.8 Å². The Bertz CT molecular complexity index is 298. The zero-order chi connectivity index (χ0) is 15.2. The molecule has 3 N–H and O–H groups in total. The first kappa shape index (κ1) is 17.2. The number of nitrogens with two attached hydrogens (primary N) is 1. The lowest BCUT2D eigenvalue weighted by atomic mass is 9.90. The molecule has 1 aliphatic heterocycles. The molecule has 20 heavy (non-hydrogen) atoms. The molecule has 1 rings (SSSR count). The first-order chi connectivity index (χ1) is 9.35. The number of carbonyl (C=O) groups is 1. The van der Waals surface area contributed by atoms with Gasteiger partial charge in [0.2, 0.25) is 0 Å². The second-order valence-electron chi connectivity index (χ2n) is 6.80. The topological polar surface area (TPSA) is 75.8 Å². The fourth-order valence-electron chi connectivity index (χ4n) is 2.55. The Labute approximate surface area is 122 Å². The molecular weight excluding hydrogens is 256 g/mol. The van der Waals surface area contributed by atoms with E-state index in [2.05, 4.69) is 0 Å². The van der Waals surface area contributed by atoms with E-state index < -0.39 is 5.60 Å². The third-order valence-electron chi connectivity index (χ3n) is 3.75. The molecular formula is C15H30N2O3. The van der Waals surface area contributed by atoms with Gasteiger partial charge in [-0.2, -0.15) is 0 Å². The van der Waals surface area contributed by atoms with Crippen LogP contribution in [0.25, 0.3) is 0 Å². The van der Waals surface area contributed by atoms with Gasteiger partial charge in [0.05, 0.1) is 0 Å². The van der Waals surface area contributed by atoms with Gasteiger partial charge in [0.15, 0.2) is 0 Å². The van der Waals surface area contributed by atoms with Gasteiger partial charge in [0, 0.05) is 19.7 Å². The Morgan fingerprint density at radius 3 is 2.75 bits per heavy atom. The average molecular weight is 286 g/mol. The predicted octanol–water partition coefficient (Wildman–Crippen LogP) is 1.98. The predicted molar refractivity (Wildman–Crippen MR) is 79.4 cm³/mol. The number of amides is 1. The molecule has 5 heteroatoms. The van der Waals surface area contributed by atoms with Crippen LogP contribution in [0.5, 0.6) is 0 Å². The van der Waals surface area contributed by atoms with Gasteiger partial charge in [-0.1, -0.05) is 0 Å². The van der Waals surface area contributed by atoms with Crippen LogP contribution in [-0.4, -0.2) is 47.9 Å². The Morgan fingerprint density at radius 1 is 1.50 bits per heavy atom. The van der Waals surface area contributed by atoms with E-state index in [1.54, 1.807) is 0 Å². The zero-order valence-electron chi connectivity index (χ0n) is 13.1. The maximum Gasteiger partial charge on any atom is 0.410 e. The summed E-state index contributed by atoms with van der Waals surface area (Å²) in [7, 11) is 0. The van der Waals surface area contributed by atoms with Gasteiger partial charge in [0.1, 0.15) is 5.60 Å². The minimum atomic E-state index is -0.439. The molecule has 1 fully saturated rings. The van der Waals surface area contributed by atoms with Crippen LogP contribution >= 0.6 is 0 Å². The molecule has 1 amide bonds. The van der Waals surface area contributed by atoms with Gasteiger partial charge in [-0.3, -0.25) is 0 Å². The summed E-state index contributed by atoms with van der Waals surface area (Å²) in [5.41, 5.74) is 5.16. The number of hydrogen-bond donors (Lipinski definition) is 2. The summed E-state index contributed by atoms with van der Waals surface area (Å²) in [4.78, 5) is 13.9. The van der Waals surface area contributed by atoms with Crippen LogP contribution in [0.4, 0.5) is 4.79 Å². The van der Waals surface area contributed by atoms with Gasteiger partial charge >= 0.3 is 6.09 Å². The van der Waals surface area contributed by atoms with Gasteiger partial charge in [-0.25, -0.2) is 4.79 Å². The number of hydrogen-bond acceptors (Lipinski definition) is 4. The van der Waals surface area contributed by atoms with E-state index in [4.69, 9.17) is 15.6 Å². The summed E-state index contributed by atoms with van der Waals surface area (Å²) in [5, 5.41) is 9.16. The van der Waals surface area contributed by atoms with Gasteiger partial charge in [0.25, 0.3) is 0 Å². The average Bonchev–Trinajstić information content (AvgIpc) is 2.38. The van der Waals surface area contributed by atoms with Crippen LogP contribution in [0.1, 0.15) is 46.5 Å². The van der Waals surface area contributed by atoms with Gasteiger partial charge in [-0.15, -0.1) is 0 Å². The van der Waals surface area contributed by atoms with Crippen molar-refractivity contribution in [2.75, 3.05) is 26.2 Å². The minimum absolute atomic E-state index is 0.152. The van der Waals surface area contributed by atoms with Crippen molar-refractivity contribution >= 4 is 6.09 Å². The summed E-state index contributed by atoms with van der Waals surface area (Å²) in [6.45, 7) is 7.89. The van der Waals surface area contributed by atoms with Crippen LogP contribution in [0.15, 0.2) is 0 Å². The second kappa shape index (κ2) is 7.84. The molecule has 2 atom stereocenters. The number of nitrogens with zero attached hydrogens (tertiary/aromatic N) is 1. The highest BCUT2D eigenvalue weighted by atomic mass is 16.6. The Hall–Kier alpha value is -0.810. The van der Waals surface area contributed by atoms with Crippen molar-refractivity contribution in [1.29, 1.82) is 0 Å². The zero-order valence-corrected chi connectivity index (χ0v) is 13.1. The number of ether oxygens (including phenoxy) is 1. The van der Waals surface area contributed by atoms with Crippen molar-refractivity contribution in [3.63, 3.8) is 0 Å². The standard InChI is InChI=1S/C15H30N2O3/c1-15(2,3)20-14(19)17-8-4-5-12(10-17)6-7-13(9-16)11-18/h12-13,18H,4-11,16H2,1-3H3. The number of rotatable bonds is 5. The van der Waals surface area contributed by atoms with E-state index in [1.807, 2.05) is 25.7 Å². The molecule has 0 saturated carbocycles. The van der Waals surface area contributed by atoms with Crippen LogP contribution < -0.4 is 5.73 Å². The van der Waals surface area contributed by atoms with Crippen molar-refractivity contribution in [2.45, 2.75) is 52.1 Å². The third-order valence-corrected chi connectivity index (χ3v) is 3.75. The molecule has 118 valence electrons. The second-order valence-corrected chi connectivity index (χ2v) is 6.80. The molecule has 5 nitrogen and oxygen atoms in total. The molecule has 0 aliphatic carbocycles. The first-order valence-electron chi connectivity index (χ1n) is 7.64. The fraction of sp³-hybridized carbons (Fsp3) is 0.933. The van der Waals surface area contributed by atoms with Gasteiger partial charge < -0.3 is 20.5 Å². The Kier molecular flexibility index (Phi) is 6.76. The van der Waals surface area contributed by atoms with Crippen LogP contribution in [0, 0.1) is 11.8 Å². The number of likely N-dealkylation sites (tertiary alicyclic amines) is 1. The van der Waals surface area contributed by atoms with E-state index in [9.17, 15) is 4.79 Å². The maximum absolute atomic E-state index is 12.1. The van der Waals surface area contributed by atoms with Crippen molar-refractivity contribution in [1.82, 2.24) is 4.90 Å². The largest absolute Gasteiger partial charge is 0.444 e. The smallest absolute Gasteiger partial charge is 0.410 e. The molecule has 0 bridgehead atoms. The van der Waals surface area contributed by atoms with Crippen molar-refractivity contribution in [3.05, 3.63) is 0 Å². The van der Waals surface area contributed by atoms with Crippen LogP contribution in [0.2, 0.25) is 0 Å². The molecule has 1 aliphatic rings. The highest BCUT2D eigenvalue weighted by molar-refractivity contribution is 5.68. The third kappa shape index (κ3) is 6.09. The first-order valence-corrected chi connectivity index (χ1v) is 7.64. The molecule has 2 unspecified atom stereocenters. The van der Waals surface area contributed by atoms with Crippen molar-refractivity contribution in [3.8, 4) is 0 Å². The lowest BCUT2D eigenvalue weighted by Crippen LogP contribution is -2.43. The summed E-state index contributed by atoms with van der Waals surface area (Å²) in [6.07, 6.45) is 3.90. The molecule has 0 spiro atoms. The Balaban J connectivity index is 2.40. The minimum Gasteiger partial charge on any atom is -0.444 e. The maximum atomic E-state index is 12.1. The highest BCUT2D eigenvalue weighted by Crippen LogP contribution is 2.24. The van der Waals surface area contributed by atoms with E-state index in [0.29, 0.717) is 12.5 Å². The molecule has 0 aromatic carbocycles. The van der Waals surface area contributed by atoms with Crippen LogP contribution in [0.3, 0.4) is 0 Å². The molecule has 1 saturated heterocycles. The number of carbonyl (C=O) groups excluding carboxylic acids is 1. The molecule has 0 aromatic rings. The summed E-state index contributed by atoms with van der Waals surface area (Å²) >= 11 is 0. The molecule has 1 heterocycles. The SMILES string of the molecule is CC(C)(C)OC(=O)N1CCCC(CCC(CN)CO)C1. The quantitative estimate of drug-likeness (QED) is 0.810. The Morgan fingerprint density at radius 2 is 2.20 bits per heavy atom. The summed E-state index contributed by atoms with van der Waals surface area (Å²) < 4.78 is 5.42. The number of aliphatic hydroxyl groups is 1. The van der Waals surface area contributed by atoms with Crippen molar-refractivity contribution < 1.29 is 14.6 Å². The molecule has 0 aromatic heterocycles. The van der Waals surface area contributed by atoms with E-state index in [1.165, 1.54) is 0 Å². The number of aliphatic hydroxyl groups excluding tert-OH is 1. The monoisotopic (exact) mass is 286 g/mol. The van der Waals surface area contributed by atoms with Crippen molar-refractivity contribution in [2.24, 2.45) is 17.6 Å². The lowest BCUT2D eigenvalue weighted by Gasteiger charge is -2.34. The summed E-state index contributed by atoms with van der Waals surface area (Å²) in [5.74, 6) is 0.684. The normalized spacial score (nSPS) is 21.6. The highest BCUT2D eigenvalue weighted by Gasteiger charge is 2.27. The van der Waals surface area contributed by atoms with Gasteiger partial charge in [-0.05, 0) is 64.8 Å². The van der Waals surface area contributed by atoms with E-state index >= 15 is 0 Å². The van der Waals surface area contributed by atoms with Crippen LogP contribution in [-0.2, 0) is 4.74 Å². The fourth-order valence-corrected chi connectivity index (χ4v) is 2.55. The lowest BCUT2D eigenvalue weighted by molar-refractivity contribution is 0.0157. The van der Waals surface area contributed by atoms with E-state index in [-0.39, 0.29) is 18.6 Å². The summed E-state index contributed by atoms with van der Waals surface area (Å²) in [6, 6.07) is 0. The number of piperidine rings is 1. The molecule has 0 radical (unpaired) electrons.